The number of hydrogen-bond donors (Lipinski definition) is 1. The number of hydrogen-bond acceptors (Lipinski definition) is 6. The fourth-order valence-corrected chi connectivity index (χ4v) is 2.76. The molecule has 0 aliphatic rings. The Balaban J connectivity index is 1.47. The second-order valence-corrected chi connectivity index (χ2v) is 5.91. The molecular formula is C15H14FN5O2S. The molecule has 3 aromatic rings. The van der Waals surface area contributed by atoms with Gasteiger partial charge in [-0.15, -0.1) is 5.10 Å². The van der Waals surface area contributed by atoms with E-state index < -0.39 is 0 Å². The molecule has 7 nitrogen and oxygen atoms in total. The molecule has 0 aliphatic heterocycles. The van der Waals surface area contributed by atoms with Crippen molar-refractivity contribution < 1.29 is 13.6 Å². The zero-order valence-corrected chi connectivity index (χ0v) is 13.4. The lowest BCUT2D eigenvalue weighted by Crippen LogP contribution is -2.12. The largest absolute Gasteiger partial charge is 0.467 e. The molecule has 0 bridgehead atoms. The number of aromatic nitrogens is 4. The average molecular weight is 347 g/mol. The molecule has 9 heteroatoms. The van der Waals surface area contributed by atoms with Crippen LogP contribution in [0.25, 0.3) is 0 Å². The van der Waals surface area contributed by atoms with Gasteiger partial charge in [-0.1, -0.05) is 11.8 Å². The molecule has 24 heavy (non-hydrogen) atoms. The standard InChI is InChI=1S/C15H14FN5O2S/c16-11-3-5-12(6-4-11)17-14(22)7-9-24-15-18-19-20-21(15)10-13-2-1-8-23-13/h1-6,8H,7,9-10H2,(H,17,22). The van der Waals surface area contributed by atoms with Gasteiger partial charge in [0.15, 0.2) is 0 Å². The summed E-state index contributed by atoms with van der Waals surface area (Å²) in [6, 6.07) is 9.27. The van der Waals surface area contributed by atoms with Gasteiger partial charge < -0.3 is 9.73 Å². The second kappa shape index (κ2) is 7.73. The number of nitrogens with one attached hydrogen (secondary N) is 1. The molecule has 1 N–H and O–H groups in total. The quantitative estimate of drug-likeness (QED) is 0.661. The van der Waals surface area contributed by atoms with Crippen LogP contribution in [0, 0.1) is 5.82 Å². The number of furan rings is 1. The molecule has 124 valence electrons. The van der Waals surface area contributed by atoms with Gasteiger partial charge in [0.05, 0.1) is 6.26 Å². The number of rotatable bonds is 7. The average Bonchev–Trinajstić information content (AvgIpc) is 3.23. The first-order chi connectivity index (χ1) is 11.7. The molecule has 1 aromatic carbocycles. The molecule has 0 saturated heterocycles. The molecule has 2 aromatic heterocycles. The van der Waals surface area contributed by atoms with Gasteiger partial charge >= 0.3 is 0 Å². The van der Waals surface area contributed by atoms with Gasteiger partial charge in [0.25, 0.3) is 0 Å². The Labute approximate surface area is 141 Å². The minimum absolute atomic E-state index is 0.154. The fourth-order valence-electron chi connectivity index (χ4n) is 1.94. The zero-order valence-electron chi connectivity index (χ0n) is 12.6. The minimum Gasteiger partial charge on any atom is -0.467 e. The zero-order chi connectivity index (χ0) is 16.8. The summed E-state index contributed by atoms with van der Waals surface area (Å²) in [5.74, 6) is 0.773. The number of halogens is 1. The Bertz CT molecular complexity index is 789. The predicted octanol–water partition coefficient (Wildman–Crippen LogP) is 2.57. The van der Waals surface area contributed by atoms with Crippen molar-refractivity contribution in [2.45, 2.75) is 18.1 Å². The second-order valence-electron chi connectivity index (χ2n) is 4.85. The summed E-state index contributed by atoms with van der Waals surface area (Å²) in [5.41, 5.74) is 0.564. The molecular weight excluding hydrogens is 333 g/mol. The smallest absolute Gasteiger partial charge is 0.225 e. The van der Waals surface area contributed by atoms with Crippen molar-refractivity contribution in [3.63, 3.8) is 0 Å². The van der Waals surface area contributed by atoms with E-state index in [1.54, 1.807) is 17.0 Å². The first-order valence-electron chi connectivity index (χ1n) is 7.17. The van der Waals surface area contributed by atoms with E-state index in [2.05, 4.69) is 20.8 Å². The summed E-state index contributed by atoms with van der Waals surface area (Å²) in [6.45, 7) is 0.435. The summed E-state index contributed by atoms with van der Waals surface area (Å²) < 4.78 is 19.7. The number of nitrogens with zero attached hydrogens (tertiary/aromatic N) is 4. The maximum atomic E-state index is 12.8. The minimum atomic E-state index is -0.341. The van der Waals surface area contributed by atoms with Crippen LogP contribution in [-0.4, -0.2) is 31.9 Å². The van der Waals surface area contributed by atoms with Crippen LogP contribution < -0.4 is 5.32 Å². The topological polar surface area (TPSA) is 85.8 Å². The van der Waals surface area contributed by atoms with Crippen molar-refractivity contribution in [2.75, 3.05) is 11.1 Å². The molecule has 0 aliphatic carbocycles. The lowest BCUT2D eigenvalue weighted by molar-refractivity contribution is -0.115. The van der Waals surface area contributed by atoms with Gasteiger partial charge in [0.2, 0.25) is 11.1 Å². The molecule has 0 unspecified atom stereocenters. The van der Waals surface area contributed by atoms with Crippen molar-refractivity contribution >= 4 is 23.4 Å². The van der Waals surface area contributed by atoms with Crippen molar-refractivity contribution in [1.82, 2.24) is 20.2 Å². The Hall–Kier alpha value is -2.68. The number of anilines is 1. The molecule has 1 amide bonds. The van der Waals surface area contributed by atoms with Gasteiger partial charge in [-0.3, -0.25) is 4.79 Å². The third kappa shape index (κ3) is 4.42. The summed E-state index contributed by atoms with van der Waals surface area (Å²) in [5, 5.41) is 14.8. The van der Waals surface area contributed by atoms with Crippen LogP contribution in [0.2, 0.25) is 0 Å². The highest BCUT2D eigenvalue weighted by Crippen LogP contribution is 2.17. The molecule has 0 atom stereocenters. The van der Waals surface area contributed by atoms with Gasteiger partial charge in [0.1, 0.15) is 18.1 Å². The first kappa shape index (κ1) is 16.2. The van der Waals surface area contributed by atoms with E-state index in [1.165, 1.54) is 36.0 Å². The molecule has 3 rings (SSSR count). The van der Waals surface area contributed by atoms with Crippen LogP contribution in [0.15, 0.2) is 52.2 Å². The van der Waals surface area contributed by atoms with Crippen molar-refractivity contribution in [3.8, 4) is 0 Å². The number of carbonyl (C=O) groups is 1. The Morgan fingerprint density at radius 3 is 2.88 bits per heavy atom. The summed E-state index contributed by atoms with van der Waals surface area (Å²) in [6.07, 6.45) is 1.88. The van der Waals surface area contributed by atoms with Crippen molar-refractivity contribution in [3.05, 3.63) is 54.2 Å². The monoisotopic (exact) mass is 347 g/mol. The fraction of sp³-hybridized carbons (Fsp3) is 0.200. The summed E-state index contributed by atoms with van der Waals surface area (Å²) in [4.78, 5) is 11.9. The lowest BCUT2D eigenvalue weighted by atomic mass is 10.3. The molecule has 0 fully saturated rings. The van der Waals surface area contributed by atoms with E-state index in [1.807, 2.05) is 6.07 Å². The SMILES string of the molecule is O=C(CCSc1nnnn1Cc1ccco1)Nc1ccc(F)cc1. The maximum absolute atomic E-state index is 12.8. The Morgan fingerprint density at radius 1 is 1.29 bits per heavy atom. The normalized spacial score (nSPS) is 10.7. The molecule has 2 heterocycles. The van der Waals surface area contributed by atoms with E-state index >= 15 is 0 Å². The van der Waals surface area contributed by atoms with Crippen LogP contribution in [0.3, 0.4) is 0 Å². The highest BCUT2D eigenvalue weighted by molar-refractivity contribution is 7.99. The van der Waals surface area contributed by atoms with Crippen molar-refractivity contribution in [1.29, 1.82) is 0 Å². The predicted molar refractivity (Wildman–Crippen MR) is 86.0 cm³/mol. The van der Waals surface area contributed by atoms with Gasteiger partial charge in [-0.2, -0.15) is 0 Å². The number of thioether (sulfide) groups is 1. The molecule has 0 spiro atoms. The molecule has 0 radical (unpaired) electrons. The Kier molecular flexibility index (Phi) is 5.22. The highest BCUT2D eigenvalue weighted by atomic mass is 32.2. The van der Waals surface area contributed by atoms with E-state index in [0.717, 1.165) is 5.76 Å². The maximum Gasteiger partial charge on any atom is 0.225 e. The lowest BCUT2D eigenvalue weighted by Gasteiger charge is -2.05. The van der Waals surface area contributed by atoms with E-state index in [0.29, 0.717) is 23.1 Å². The third-order valence-electron chi connectivity index (χ3n) is 3.07. The van der Waals surface area contributed by atoms with Crippen LogP contribution >= 0.6 is 11.8 Å². The van der Waals surface area contributed by atoms with Crippen LogP contribution in [0.5, 0.6) is 0 Å². The van der Waals surface area contributed by atoms with Gasteiger partial charge in [-0.25, -0.2) is 9.07 Å². The molecule has 0 saturated carbocycles. The van der Waals surface area contributed by atoms with E-state index in [4.69, 9.17) is 4.42 Å². The number of amides is 1. The van der Waals surface area contributed by atoms with Crippen LogP contribution in [0.1, 0.15) is 12.2 Å². The third-order valence-corrected chi connectivity index (χ3v) is 4.03. The van der Waals surface area contributed by atoms with E-state index in [9.17, 15) is 9.18 Å². The van der Waals surface area contributed by atoms with Gasteiger partial charge in [-0.05, 0) is 46.8 Å². The Morgan fingerprint density at radius 2 is 2.12 bits per heavy atom. The summed E-state index contributed by atoms with van der Waals surface area (Å²) in [7, 11) is 0. The number of tetrazole rings is 1. The first-order valence-corrected chi connectivity index (χ1v) is 8.16. The summed E-state index contributed by atoms with van der Waals surface area (Å²) >= 11 is 1.38. The van der Waals surface area contributed by atoms with E-state index in [-0.39, 0.29) is 18.1 Å². The van der Waals surface area contributed by atoms with Crippen molar-refractivity contribution in [2.24, 2.45) is 0 Å². The number of benzene rings is 1. The number of carbonyl (C=O) groups excluding carboxylic acids is 1. The van der Waals surface area contributed by atoms with Crippen LogP contribution in [0.4, 0.5) is 10.1 Å². The highest BCUT2D eigenvalue weighted by Gasteiger charge is 2.10. The van der Waals surface area contributed by atoms with Gasteiger partial charge in [0, 0.05) is 17.9 Å². The van der Waals surface area contributed by atoms with Crippen LogP contribution in [-0.2, 0) is 11.3 Å².